The molecule has 0 spiro atoms. The van der Waals surface area contributed by atoms with Gasteiger partial charge in [-0.3, -0.25) is 9.59 Å². The lowest BCUT2D eigenvalue weighted by atomic mass is 9.99. The van der Waals surface area contributed by atoms with Gasteiger partial charge in [0.15, 0.2) is 0 Å². The highest BCUT2D eigenvalue weighted by molar-refractivity contribution is 5.94. The molecule has 6 nitrogen and oxygen atoms in total. The van der Waals surface area contributed by atoms with Crippen LogP contribution in [-0.4, -0.2) is 60.9 Å². The molecule has 1 fully saturated rings. The fraction of sp³-hybridized carbons (Fsp3) is 0.579. The van der Waals surface area contributed by atoms with E-state index in [1.165, 1.54) is 0 Å². The van der Waals surface area contributed by atoms with Crippen molar-refractivity contribution in [2.75, 3.05) is 38.5 Å². The van der Waals surface area contributed by atoms with Gasteiger partial charge in [0, 0.05) is 31.9 Å². The Balaban J connectivity index is 0.00000338. The molecule has 7 heteroatoms. The summed E-state index contributed by atoms with van der Waals surface area (Å²) >= 11 is 0. The van der Waals surface area contributed by atoms with Crippen LogP contribution in [0.1, 0.15) is 25.8 Å². The zero-order valence-corrected chi connectivity index (χ0v) is 16.7. The van der Waals surface area contributed by atoms with Crippen molar-refractivity contribution in [1.82, 2.24) is 9.80 Å². The molecule has 0 aromatic heterocycles. The number of nitrogens with two attached hydrogens (primary N) is 1. The molecule has 1 aliphatic rings. The molecule has 1 saturated heterocycles. The first kappa shape index (κ1) is 22.4. The van der Waals surface area contributed by atoms with E-state index in [0.717, 1.165) is 38.2 Å². The Morgan fingerprint density at radius 2 is 1.73 bits per heavy atom. The Morgan fingerprint density at radius 3 is 2.27 bits per heavy atom. The van der Waals surface area contributed by atoms with Crippen LogP contribution >= 0.6 is 12.4 Å². The van der Waals surface area contributed by atoms with Gasteiger partial charge in [-0.1, -0.05) is 32.4 Å². The van der Waals surface area contributed by atoms with Crippen LogP contribution < -0.4 is 11.1 Å². The van der Waals surface area contributed by atoms with Crippen LogP contribution in [0, 0.1) is 5.92 Å². The standard InChI is InChI=1S/C19H30N4O2.ClH/c1-4-14(2)18(20)19(25)21-16-7-5-15(6-8-16)13-17(24)23-11-9-22(3)10-12-23;/h5-8,14,18H,4,9-13,20H2,1-3H3,(H,21,25);1H. The van der Waals surface area contributed by atoms with Gasteiger partial charge in [-0.2, -0.15) is 0 Å². The van der Waals surface area contributed by atoms with E-state index in [2.05, 4.69) is 17.3 Å². The SMILES string of the molecule is CCC(C)C(N)C(=O)Nc1ccc(CC(=O)N2CCN(C)CC2)cc1.Cl. The van der Waals surface area contributed by atoms with E-state index in [-0.39, 0.29) is 30.1 Å². The van der Waals surface area contributed by atoms with Gasteiger partial charge in [-0.05, 0) is 30.7 Å². The van der Waals surface area contributed by atoms with E-state index >= 15 is 0 Å². The van der Waals surface area contributed by atoms with Crippen molar-refractivity contribution in [3.05, 3.63) is 29.8 Å². The number of carbonyl (C=O) groups excluding carboxylic acids is 2. The van der Waals surface area contributed by atoms with Crippen molar-refractivity contribution in [2.45, 2.75) is 32.7 Å². The van der Waals surface area contributed by atoms with Crippen LogP contribution in [0.15, 0.2) is 24.3 Å². The average molecular weight is 383 g/mol. The summed E-state index contributed by atoms with van der Waals surface area (Å²) in [5.41, 5.74) is 7.60. The summed E-state index contributed by atoms with van der Waals surface area (Å²) in [6, 6.07) is 6.92. The van der Waals surface area contributed by atoms with Crippen molar-refractivity contribution < 1.29 is 9.59 Å². The van der Waals surface area contributed by atoms with E-state index in [0.29, 0.717) is 12.1 Å². The Morgan fingerprint density at radius 1 is 1.15 bits per heavy atom. The molecule has 0 bridgehead atoms. The van der Waals surface area contributed by atoms with E-state index in [1.54, 1.807) is 0 Å². The predicted octanol–water partition coefficient (Wildman–Crippen LogP) is 1.74. The molecular weight excluding hydrogens is 352 g/mol. The molecular formula is C19H31ClN4O2. The number of nitrogens with zero attached hydrogens (tertiary/aromatic N) is 2. The van der Waals surface area contributed by atoms with Gasteiger partial charge in [-0.25, -0.2) is 0 Å². The summed E-state index contributed by atoms with van der Waals surface area (Å²) < 4.78 is 0. The highest BCUT2D eigenvalue weighted by atomic mass is 35.5. The number of amides is 2. The molecule has 2 rings (SSSR count). The predicted molar refractivity (Wildman–Crippen MR) is 108 cm³/mol. The second-order valence-corrected chi connectivity index (χ2v) is 6.96. The molecule has 0 aliphatic carbocycles. The third-order valence-electron chi connectivity index (χ3n) is 4.99. The largest absolute Gasteiger partial charge is 0.340 e. The summed E-state index contributed by atoms with van der Waals surface area (Å²) in [4.78, 5) is 28.6. The van der Waals surface area contributed by atoms with Gasteiger partial charge in [0.2, 0.25) is 11.8 Å². The van der Waals surface area contributed by atoms with Crippen molar-refractivity contribution in [2.24, 2.45) is 11.7 Å². The molecule has 26 heavy (non-hydrogen) atoms. The second kappa shape index (κ2) is 10.5. The molecule has 146 valence electrons. The van der Waals surface area contributed by atoms with Crippen LogP contribution in [0.3, 0.4) is 0 Å². The molecule has 2 unspecified atom stereocenters. The van der Waals surface area contributed by atoms with Gasteiger partial charge in [0.25, 0.3) is 0 Å². The minimum Gasteiger partial charge on any atom is -0.340 e. The molecule has 1 aromatic rings. The normalized spacial score (nSPS) is 17.2. The van der Waals surface area contributed by atoms with Crippen LogP contribution in [-0.2, 0) is 16.0 Å². The van der Waals surface area contributed by atoms with Crippen LogP contribution in [0.2, 0.25) is 0 Å². The van der Waals surface area contributed by atoms with E-state index < -0.39 is 6.04 Å². The molecule has 1 aromatic carbocycles. The highest BCUT2D eigenvalue weighted by Gasteiger charge is 2.20. The topological polar surface area (TPSA) is 78.7 Å². The molecule has 2 amide bonds. The van der Waals surface area contributed by atoms with Crippen molar-refractivity contribution in [3.8, 4) is 0 Å². The average Bonchev–Trinajstić information content (AvgIpc) is 2.62. The monoisotopic (exact) mass is 382 g/mol. The first-order chi connectivity index (χ1) is 11.9. The summed E-state index contributed by atoms with van der Waals surface area (Å²) in [5, 5.41) is 2.84. The van der Waals surface area contributed by atoms with Crippen LogP contribution in [0.25, 0.3) is 0 Å². The number of carbonyl (C=O) groups is 2. The Hall–Kier alpha value is -1.63. The Bertz CT molecular complexity index is 586. The molecule has 0 radical (unpaired) electrons. The smallest absolute Gasteiger partial charge is 0.241 e. The van der Waals surface area contributed by atoms with Crippen molar-refractivity contribution in [3.63, 3.8) is 0 Å². The molecule has 3 N–H and O–H groups in total. The van der Waals surface area contributed by atoms with E-state index in [9.17, 15) is 9.59 Å². The number of likely N-dealkylation sites (N-methyl/N-ethyl adjacent to an activating group) is 1. The maximum Gasteiger partial charge on any atom is 0.241 e. The molecule has 1 aliphatic heterocycles. The summed E-state index contributed by atoms with van der Waals surface area (Å²) in [5.74, 6) is 0.125. The zero-order valence-electron chi connectivity index (χ0n) is 15.9. The number of benzene rings is 1. The molecule has 1 heterocycles. The van der Waals surface area contributed by atoms with Crippen LogP contribution in [0.5, 0.6) is 0 Å². The maximum absolute atomic E-state index is 12.4. The number of hydrogen-bond donors (Lipinski definition) is 2. The summed E-state index contributed by atoms with van der Waals surface area (Å²) in [6.07, 6.45) is 1.26. The molecule has 2 atom stereocenters. The lowest BCUT2D eigenvalue weighted by Gasteiger charge is -2.32. The Labute approximate surface area is 162 Å². The minimum absolute atomic E-state index is 0. The van der Waals surface area contributed by atoms with E-state index in [4.69, 9.17) is 5.73 Å². The fourth-order valence-electron chi connectivity index (χ4n) is 2.79. The second-order valence-electron chi connectivity index (χ2n) is 6.96. The van der Waals surface area contributed by atoms with Gasteiger partial charge >= 0.3 is 0 Å². The number of halogens is 1. The summed E-state index contributed by atoms with van der Waals surface area (Å²) in [6.45, 7) is 7.41. The van der Waals surface area contributed by atoms with Gasteiger partial charge < -0.3 is 20.9 Å². The zero-order chi connectivity index (χ0) is 18.4. The van der Waals surface area contributed by atoms with Gasteiger partial charge in [-0.15, -0.1) is 12.4 Å². The van der Waals surface area contributed by atoms with E-state index in [1.807, 2.05) is 43.0 Å². The quantitative estimate of drug-likeness (QED) is 0.785. The third kappa shape index (κ3) is 6.27. The van der Waals surface area contributed by atoms with Gasteiger partial charge in [0.05, 0.1) is 12.5 Å². The number of nitrogens with one attached hydrogen (secondary N) is 1. The van der Waals surface area contributed by atoms with Crippen molar-refractivity contribution >= 4 is 29.9 Å². The molecule has 0 saturated carbocycles. The lowest BCUT2D eigenvalue weighted by Crippen LogP contribution is -2.47. The maximum atomic E-state index is 12.4. The minimum atomic E-state index is -0.511. The van der Waals surface area contributed by atoms with Gasteiger partial charge in [0.1, 0.15) is 0 Å². The fourth-order valence-corrected chi connectivity index (χ4v) is 2.79. The summed E-state index contributed by atoms with van der Waals surface area (Å²) in [7, 11) is 2.07. The number of rotatable bonds is 6. The van der Waals surface area contributed by atoms with Crippen LogP contribution in [0.4, 0.5) is 5.69 Å². The number of piperazine rings is 1. The highest BCUT2D eigenvalue weighted by Crippen LogP contribution is 2.14. The number of hydrogen-bond acceptors (Lipinski definition) is 4. The lowest BCUT2D eigenvalue weighted by molar-refractivity contribution is -0.132. The van der Waals surface area contributed by atoms with Crippen molar-refractivity contribution in [1.29, 1.82) is 0 Å². The Kier molecular flexibility index (Phi) is 9.05. The first-order valence-corrected chi connectivity index (χ1v) is 9.02. The number of anilines is 1. The third-order valence-corrected chi connectivity index (χ3v) is 4.99. The first-order valence-electron chi connectivity index (χ1n) is 9.02.